The summed E-state index contributed by atoms with van der Waals surface area (Å²) < 4.78 is 4.82. The van der Waals surface area contributed by atoms with E-state index in [4.69, 9.17) is 9.63 Å². The summed E-state index contributed by atoms with van der Waals surface area (Å²) in [5.74, 6) is -1.11. The Labute approximate surface area is 102 Å². The van der Waals surface area contributed by atoms with Crippen LogP contribution >= 0.6 is 0 Å². The number of hydrogen-bond acceptors (Lipinski definition) is 4. The molecular weight excluding hydrogens is 236 g/mol. The van der Waals surface area contributed by atoms with E-state index >= 15 is 0 Å². The molecule has 92 valence electrons. The van der Waals surface area contributed by atoms with Gasteiger partial charge in [-0.15, -0.1) is 0 Å². The van der Waals surface area contributed by atoms with Crippen molar-refractivity contribution in [3.8, 4) is 0 Å². The Kier molecular flexibility index (Phi) is 3.38. The Bertz CT molecular complexity index is 563. The van der Waals surface area contributed by atoms with Gasteiger partial charge in [0.1, 0.15) is 0 Å². The fourth-order valence-electron chi connectivity index (χ4n) is 1.46. The van der Waals surface area contributed by atoms with Gasteiger partial charge in [0, 0.05) is 6.07 Å². The third-order valence-electron chi connectivity index (χ3n) is 2.32. The fraction of sp³-hybridized carbons (Fsp3) is 0.0833. The lowest BCUT2D eigenvalue weighted by Gasteiger charge is -2.05. The molecule has 2 rings (SSSR count). The molecule has 1 heterocycles. The first-order chi connectivity index (χ1) is 8.68. The Hall–Kier alpha value is -2.63. The predicted octanol–water partition coefficient (Wildman–Crippen LogP) is 1.30. The van der Waals surface area contributed by atoms with Crippen LogP contribution in [-0.4, -0.2) is 22.1 Å². The number of carboxylic acid groups (broad SMARTS) is 1. The van der Waals surface area contributed by atoms with Crippen LogP contribution in [0.15, 0.2) is 41.1 Å². The smallest absolute Gasteiger partial charge is 0.336 e. The number of benzene rings is 1. The van der Waals surface area contributed by atoms with Crippen LogP contribution in [-0.2, 0) is 6.54 Å². The number of aromatic carboxylic acids is 1. The molecule has 0 saturated carbocycles. The highest BCUT2D eigenvalue weighted by Crippen LogP contribution is 2.09. The van der Waals surface area contributed by atoms with Crippen molar-refractivity contribution >= 4 is 11.9 Å². The van der Waals surface area contributed by atoms with Crippen molar-refractivity contribution < 1.29 is 19.2 Å². The van der Waals surface area contributed by atoms with Gasteiger partial charge in [-0.1, -0.05) is 17.3 Å². The zero-order chi connectivity index (χ0) is 13.0. The minimum atomic E-state index is -1.14. The number of nitrogens with zero attached hydrogens (tertiary/aromatic N) is 1. The number of carbonyl (C=O) groups excluding carboxylic acids is 1. The molecule has 1 aromatic carbocycles. The molecule has 0 unspecified atom stereocenters. The predicted molar refractivity (Wildman–Crippen MR) is 61.1 cm³/mol. The van der Waals surface area contributed by atoms with Crippen LogP contribution in [0, 0.1) is 0 Å². The maximum Gasteiger partial charge on any atom is 0.336 e. The second-order valence-electron chi connectivity index (χ2n) is 3.51. The monoisotopic (exact) mass is 246 g/mol. The number of amides is 1. The van der Waals surface area contributed by atoms with E-state index in [0.717, 1.165) is 0 Å². The van der Waals surface area contributed by atoms with Crippen LogP contribution in [0.4, 0.5) is 0 Å². The molecule has 0 atom stereocenters. The van der Waals surface area contributed by atoms with E-state index < -0.39 is 11.9 Å². The normalized spacial score (nSPS) is 10.0. The van der Waals surface area contributed by atoms with E-state index in [-0.39, 0.29) is 17.7 Å². The van der Waals surface area contributed by atoms with E-state index in [0.29, 0.717) is 5.76 Å². The molecule has 2 aromatic rings. The molecule has 6 heteroatoms. The van der Waals surface area contributed by atoms with Crippen molar-refractivity contribution in [2.24, 2.45) is 0 Å². The molecular formula is C12H10N2O4. The zero-order valence-electron chi connectivity index (χ0n) is 9.29. The highest BCUT2D eigenvalue weighted by Gasteiger charge is 2.15. The summed E-state index contributed by atoms with van der Waals surface area (Å²) in [4.78, 5) is 22.8. The van der Waals surface area contributed by atoms with Gasteiger partial charge in [0.25, 0.3) is 5.91 Å². The maximum atomic E-state index is 11.8. The van der Waals surface area contributed by atoms with Crippen molar-refractivity contribution in [2.75, 3.05) is 0 Å². The number of hydrogen-bond donors (Lipinski definition) is 2. The summed E-state index contributed by atoms with van der Waals surface area (Å²) in [6.45, 7) is 0.160. The molecule has 18 heavy (non-hydrogen) atoms. The van der Waals surface area contributed by atoms with Crippen molar-refractivity contribution in [3.63, 3.8) is 0 Å². The van der Waals surface area contributed by atoms with Gasteiger partial charge in [0.05, 0.1) is 23.9 Å². The lowest BCUT2D eigenvalue weighted by Crippen LogP contribution is -2.24. The van der Waals surface area contributed by atoms with E-state index in [2.05, 4.69) is 10.5 Å². The SMILES string of the molecule is O=C(O)c1ccccc1C(=O)NCc1ccno1. The minimum Gasteiger partial charge on any atom is -0.478 e. The van der Waals surface area contributed by atoms with E-state index in [1.54, 1.807) is 18.2 Å². The fourth-order valence-corrected chi connectivity index (χ4v) is 1.46. The van der Waals surface area contributed by atoms with Gasteiger partial charge in [0.15, 0.2) is 5.76 Å². The van der Waals surface area contributed by atoms with Gasteiger partial charge in [-0.3, -0.25) is 4.79 Å². The molecule has 0 spiro atoms. The summed E-state index contributed by atoms with van der Waals surface area (Å²) in [6, 6.07) is 7.63. The highest BCUT2D eigenvalue weighted by atomic mass is 16.5. The summed E-state index contributed by atoms with van der Waals surface area (Å²) in [6.07, 6.45) is 1.46. The quantitative estimate of drug-likeness (QED) is 0.848. The minimum absolute atomic E-state index is 0.0347. The zero-order valence-corrected chi connectivity index (χ0v) is 9.29. The van der Waals surface area contributed by atoms with Crippen LogP contribution in [0.1, 0.15) is 26.5 Å². The summed E-state index contributed by atoms with van der Waals surface area (Å²) in [5.41, 5.74) is 0.0806. The van der Waals surface area contributed by atoms with Gasteiger partial charge in [-0.05, 0) is 12.1 Å². The van der Waals surface area contributed by atoms with Crippen LogP contribution < -0.4 is 5.32 Å². The number of nitrogens with one attached hydrogen (secondary N) is 1. The first-order valence-corrected chi connectivity index (χ1v) is 5.18. The Morgan fingerprint density at radius 1 is 1.22 bits per heavy atom. The molecule has 1 amide bonds. The second kappa shape index (κ2) is 5.13. The van der Waals surface area contributed by atoms with Crippen LogP contribution in [0.2, 0.25) is 0 Å². The standard InChI is InChI=1S/C12H10N2O4/c15-11(13-7-8-5-6-14-18-8)9-3-1-2-4-10(9)12(16)17/h1-6H,7H2,(H,13,15)(H,16,17). The van der Waals surface area contributed by atoms with Crippen LogP contribution in [0.3, 0.4) is 0 Å². The lowest BCUT2D eigenvalue weighted by atomic mass is 10.1. The molecule has 0 aliphatic rings. The number of carbonyl (C=O) groups is 2. The molecule has 0 radical (unpaired) electrons. The van der Waals surface area contributed by atoms with Crippen molar-refractivity contribution in [1.82, 2.24) is 10.5 Å². The third-order valence-corrected chi connectivity index (χ3v) is 2.32. The lowest BCUT2D eigenvalue weighted by molar-refractivity contribution is 0.0691. The van der Waals surface area contributed by atoms with Crippen LogP contribution in [0.5, 0.6) is 0 Å². The van der Waals surface area contributed by atoms with Crippen LogP contribution in [0.25, 0.3) is 0 Å². The molecule has 0 bridgehead atoms. The maximum absolute atomic E-state index is 11.8. The molecule has 0 aliphatic heterocycles. The van der Waals surface area contributed by atoms with Gasteiger partial charge in [0.2, 0.25) is 0 Å². The third kappa shape index (κ3) is 2.54. The first-order valence-electron chi connectivity index (χ1n) is 5.18. The van der Waals surface area contributed by atoms with Gasteiger partial charge < -0.3 is 14.9 Å². The number of aromatic nitrogens is 1. The van der Waals surface area contributed by atoms with Crippen molar-refractivity contribution in [1.29, 1.82) is 0 Å². The van der Waals surface area contributed by atoms with Gasteiger partial charge in [-0.25, -0.2) is 4.79 Å². The summed E-state index contributed by atoms with van der Waals surface area (Å²) >= 11 is 0. The molecule has 1 aromatic heterocycles. The molecule has 2 N–H and O–H groups in total. The average Bonchev–Trinajstić information content (AvgIpc) is 2.89. The number of rotatable bonds is 4. The second-order valence-corrected chi connectivity index (χ2v) is 3.51. The Morgan fingerprint density at radius 3 is 2.56 bits per heavy atom. The van der Waals surface area contributed by atoms with E-state index in [1.807, 2.05) is 0 Å². The van der Waals surface area contributed by atoms with E-state index in [1.165, 1.54) is 18.3 Å². The molecule has 6 nitrogen and oxygen atoms in total. The average molecular weight is 246 g/mol. The molecule has 0 aliphatic carbocycles. The Balaban J connectivity index is 2.11. The topological polar surface area (TPSA) is 92.4 Å². The molecule has 0 fully saturated rings. The summed E-state index contributed by atoms with van der Waals surface area (Å²) in [7, 11) is 0. The largest absolute Gasteiger partial charge is 0.478 e. The summed E-state index contributed by atoms with van der Waals surface area (Å²) in [5, 5.41) is 15.0. The number of carboxylic acids is 1. The molecule has 0 saturated heterocycles. The highest BCUT2D eigenvalue weighted by molar-refractivity contribution is 6.04. The van der Waals surface area contributed by atoms with E-state index in [9.17, 15) is 9.59 Å². The Morgan fingerprint density at radius 2 is 1.94 bits per heavy atom. The van der Waals surface area contributed by atoms with Gasteiger partial charge >= 0.3 is 5.97 Å². The van der Waals surface area contributed by atoms with Gasteiger partial charge in [-0.2, -0.15) is 0 Å². The first kappa shape index (κ1) is 11.8. The van der Waals surface area contributed by atoms with Crippen molar-refractivity contribution in [2.45, 2.75) is 6.54 Å². The van der Waals surface area contributed by atoms with Crippen molar-refractivity contribution in [3.05, 3.63) is 53.4 Å².